The Balaban J connectivity index is 2.66. The van der Waals surface area contributed by atoms with Crippen LogP contribution in [0.2, 0.25) is 0 Å². The minimum atomic E-state index is 0.238. The van der Waals surface area contributed by atoms with Crippen LogP contribution in [-0.4, -0.2) is 16.5 Å². The van der Waals surface area contributed by atoms with E-state index in [1.54, 1.807) is 6.20 Å². The van der Waals surface area contributed by atoms with E-state index >= 15 is 0 Å². The highest BCUT2D eigenvalue weighted by atomic mass is 15.0. The Morgan fingerprint density at radius 2 is 2.00 bits per heavy atom. The molecule has 16 heavy (non-hydrogen) atoms. The summed E-state index contributed by atoms with van der Waals surface area (Å²) in [6.07, 6.45) is 3.11. The predicted molar refractivity (Wildman–Crippen MR) is 63.9 cm³/mol. The molecule has 1 unspecified atom stereocenters. The molecule has 0 saturated heterocycles. The lowest BCUT2D eigenvalue weighted by Crippen LogP contribution is -2.25. The second kappa shape index (κ2) is 4.93. The van der Waals surface area contributed by atoms with Gasteiger partial charge in [-0.1, -0.05) is 27.7 Å². The van der Waals surface area contributed by atoms with Gasteiger partial charge in [0.15, 0.2) is 11.5 Å². The second-order valence-electron chi connectivity index (χ2n) is 5.01. The lowest BCUT2D eigenvalue weighted by atomic mass is 9.82. The Hall–Kier alpha value is -1.63. The van der Waals surface area contributed by atoms with Crippen molar-refractivity contribution in [1.82, 2.24) is 9.97 Å². The van der Waals surface area contributed by atoms with Crippen LogP contribution >= 0.6 is 0 Å². The molecule has 1 rings (SSSR count). The van der Waals surface area contributed by atoms with Gasteiger partial charge in [-0.2, -0.15) is 5.26 Å². The number of nitriles is 1. The fraction of sp³-hybridized carbons (Fsp3) is 0.583. The van der Waals surface area contributed by atoms with Crippen LogP contribution in [0.5, 0.6) is 0 Å². The molecule has 0 aliphatic rings. The monoisotopic (exact) mass is 218 g/mol. The van der Waals surface area contributed by atoms with E-state index in [2.05, 4.69) is 43.0 Å². The number of hydrogen-bond acceptors (Lipinski definition) is 4. The number of hydrogen-bond donors (Lipinski definition) is 1. The first kappa shape index (κ1) is 12.4. The highest BCUT2D eigenvalue weighted by Crippen LogP contribution is 2.25. The minimum absolute atomic E-state index is 0.238. The van der Waals surface area contributed by atoms with E-state index in [1.807, 2.05) is 6.07 Å². The largest absolute Gasteiger partial charge is 0.367 e. The first-order chi connectivity index (χ1) is 7.45. The maximum atomic E-state index is 8.85. The fourth-order valence-corrected chi connectivity index (χ4v) is 1.11. The first-order valence-electron chi connectivity index (χ1n) is 5.40. The van der Waals surface area contributed by atoms with Crippen molar-refractivity contribution in [2.75, 3.05) is 11.9 Å². The van der Waals surface area contributed by atoms with Gasteiger partial charge in [0.2, 0.25) is 0 Å². The number of anilines is 1. The van der Waals surface area contributed by atoms with Crippen LogP contribution in [0.4, 0.5) is 5.82 Å². The highest BCUT2D eigenvalue weighted by Gasteiger charge is 2.20. The summed E-state index contributed by atoms with van der Waals surface area (Å²) in [5, 5.41) is 12.0. The van der Waals surface area contributed by atoms with Gasteiger partial charge in [0.05, 0.1) is 0 Å². The summed E-state index contributed by atoms with van der Waals surface area (Å²) >= 11 is 0. The molecule has 4 heteroatoms. The highest BCUT2D eigenvalue weighted by molar-refractivity contribution is 5.46. The zero-order valence-electron chi connectivity index (χ0n) is 10.3. The van der Waals surface area contributed by atoms with Crippen molar-refractivity contribution >= 4 is 5.82 Å². The van der Waals surface area contributed by atoms with Gasteiger partial charge in [-0.25, -0.2) is 9.97 Å². The van der Waals surface area contributed by atoms with Gasteiger partial charge in [-0.15, -0.1) is 0 Å². The van der Waals surface area contributed by atoms with Crippen molar-refractivity contribution in [2.24, 2.45) is 11.3 Å². The lowest BCUT2D eigenvalue weighted by Gasteiger charge is -2.27. The van der Waals surface area contributed by atoms with Crippen molar-refractivity contribution in [3.8, 4) is 6.07 Å². The lowest BCUT2D eigenvalue weighted by molar-refractivity contribution is 0.274. The average Bonchev–Trinajstić information content (AvgIpc) is 2.24. The summed E-state index contributed by atoms with van der Waals surface area (Å²) in [6.45, 7) is 9.55. The molecular weight excluding hydrogens is 200 g/mol. The topological polar surface area (TPSA) is 61.6 Å². The van der Waals surface area contributed by atoms with Crippen molar-refractivity contribution in [3.05, 3.63) is 18.1 Å². The zero-order valence-corrected chi connectivity index (χ0v) is 10.3. The summed E-state index contributed by atoms with van der Waals surface area (Å²) < 4.78 is 0. The van der Waals surface area contributed by atoms with Crippen LogP contribution < -0.4 is 5.32 Å². The van der Waals surface area contributed by atoms with Crippen LogP contribution in [0.15, 0.2) is 12.4 Å². The van der Waals surface area contributed by atoms with E-state index in [0.29, 0.717) is 17.4 Å². The Kier molecular flexibility index (Phi) is 3.83. The Morgan fingerprint density at radius 3 is 2.56 bits per heavy atom. The summed E-state index contributed by atoms with van der Waals surface area (Å²) in [6, 6.07) is 2.02. The molecule has 1 atom stereocenters. The summed E-state index contributed by atoms with van der Waals surface area (Å²) in [4.78, 5) is 8.06. The normalized spacial score (nSPS) is 12.9. The summed E-state index contributed by atoms with van der Waals surface area (Å²) in [7, 11) is 0. The molecule has 4 nitrogen and oxygen atoms in total. The molecule has 1 aromatic rings. The van der Waals surface area contributed by atoms with Gasteiger partial charge in [-0.3, -0.25) is 0 Å². The Bertz CT molecular complexity index is 387. The predicted octanol–water partition coefficient (Wildman–Crippen LogP) is 2.44. The third-order valence-electron chi connectivity index (χ3n) is 2.86. The Morgan fingerprint density at radius 1 is 1.38 bits per heavy atom. The van der Waals surface area contributed by atoms with E-state index in [0.717, 1.165) is 6.54 Å². The molecule has 0 saturated carbocycles. The van der Waals surface area contributed by atoms with Gasteiger partial charge in [-0.05, 0) is 11.3 Å². The molecule has 0 fully saturated rings. The van der Waals surface area contributed by atoms with Gasteiger partial charge >= 0.3 is 0 Å². The molecule has 0 radical (unpaired) electrons. The zero-order chi connectivity index (χ0) is 12.2. The van der Waals surface area contributed by atoms with Crippen LogP contribution in [0.25, 0.3) is 0 Å². The molecule has 1 heterocycles. The summed E-state index contributed by atoms with van der Waals surface area (Å²) in [5.74, 6) is 1.06. The number of aromatic nitrogens is 2. The third-order valence-corrected chi connectivity index (χ3v) is 2.86. The van der Waals surface area contributed by atoms with E-state index in [9.17, 15) is 0 Å². The van der Waals surface area contributed by atoms with E-state index in [-0.39, 0.29) is 5.41 Å². The number of nitrogens with one attached hydrogen (secondary N) is 1. The van der Waals surface area contributed by atoms with E-state index < -0.39 is 0 Å². The minimum Gasteiger partial charge on any atom is -0.367 e. The van der Waals surface area contributed by atoms with Crippen LogP contribution in [0, 0.1) is 22.7 Å². The average molecular weight is 218 g/mol. The Labute approximate surface area is 96.7 Å². The quantitative estimate of drug-likeness (QED) is 0.846. The number of rotatable bonds is 3. The van der Waals surface area contributed by atoms with E-state index in [4.69, 9.17) is 5.26 Å². The molecule has 1 aromatic heterocycles. The maximum Gasteiger partial charge on any atom is 0.182 e. The molecule has 0 aromatic carbocycles. The van der Waals surface area contributed by atoms with Gasteiger partial charge in [0, 0.05) is 18.9 Å². The molecule has 0 amide bonds. The second-order valence-corrected chi connectivity index (χ2v) is 5.01. The molecule has 0 aliphatic heterocycles. The molecule has 0 spiro atoms. The molecule has 0 bridgehead atoms. The summed E-state index contributed by atoms with van der Waals surface area (Å²) in [5.41, 5.74) is 0.589. The van der Waals surface area contributed by atoms with Gasteiger partial charge in [0.25, 0.3) is 0 Å². The van der Waals surface area contributed by atoms with Crippen molar-refractivity contribution < 1.29 is 0 Å². The van der Waals surface area contributed by atoms with Crippen molar-refractivity contribution in [2.45, 2.75) is 27.7 Å². The van der Waals surface area contributed by atoms with Gasteiger partial charge < -0.3 is 5.32 Å². The molecule has 1 N–H and O–H groups in total. The standard InChI is InChI=1S/C12H18N4/c1-9(12(2,3)4)8-16-11-10(7-13)14-5-6-15-11/h5-6,9H,8H2,1-4H3,(H,15,16). The van der Waals surface area contributed by atoms with Crippen LogP contribution in [0.1, 0.15) is 33.4 Å². The molecule has 86 valence electrons. The maximum absolute atomic E-state index is 8.85. The SMILES string of the molecule is CC(CNc1nccnc1C#N)C(C)(C)C. The fourth-order valence-electron chi connectivity index (χ4n) is 1.11. The third kappa shape index (κ3) is 3.20. The van der Waals surface area contributed by atoms with Crippen molar-refractivity contribution in [1.29, 1.82) is 5.26 Å². The number of nitrogens with zero attached hydrogens (tertiary/aromatic N) is 3. The van der Waals surface area contributed by atoms with Crippen LogP contribution in [-0.2, 0) is 0 Å². The smallest absolute Gasteiger partial charge is 0.182 e. The van der Waals surface area contributed by atoms with E-state index in [1.165, 1.54) is 6.20 Å². The molecular formula is C12H18N4. The first-order valence-corrected chi connectivity index (χ1v) is 5.40. The molecule has 0 aliphatic carbocycles. The van der Waals surface area contributed by atoms with Gasteiger partial charge in [0.1, 0.15) is 6.07 Å². The van der Waals surface area contributed by atoms with Crippen molar-refractivity contribution in [3.63, 3.8) is 0 Å². The van der Waals surface area contributed by atoms with Crippen LogP contribution in [0.3, 0.4) is 0 Å².